The Labute approximate surface area is 177 Å². The molecule has 1 aliphatic heterocycles. The third kappa shape index (κ3) is 5.41. The normalized spacial score (nSPS) is 22.1. The molecule has 0 aromatic carbocycles. The maximum atomic E-state index is 12.3. The van der Waals surface area contributed by atoms with Gasteiger partial charge in [-0.15, -0.1) is 11.3 Å². The van der Waals surface area contributed by atoms with E-state index >= 15 is 0 Å². The van der Waals surface area contributed by atoms with E-state index in [4.69, 9.17) is 16.3 Å². The van der Waals surface area contributed by atoms with Gasteiger partial charge in [0.2, 0.25) is 0 Å². The van der Waals surface area contributed by atoms with Crippen molar-refractivity contribution in [3.05, 3.63) is 21.3 Å². The molecule has 1 N–H and O–H groups in total. The molecule has 2 fully saturated rings. The van der Waals surface area contributed by atoms with Gasteiger partial charge in [-0.05, 0) is 50.6 Å². The number of thiophene rings is 1. The van der Waals surface area contributed by atoms with Crippen LogP contribution in [-0.4, -0.2) is 64.9 Å². The fraction of sp³-hybridized carbons (Fsp3) is 0.762. The second-order valence-corrected chi connectivity index (χ2v) is 10.7. The number of amides is 1. The van der Waals surface area contributed by atoms with E-state index in [9.17, 15) is 9.90 Å². The lowest BCUT2D eigenvalue weighted by Gasteiger charge is -2.43. The van der Waals surface area contributed by atoms with Crippen LogP contribution < -0.4 is 0 Å². The van der Waals surface area contributed by atoms with Crippen molar-refractivity contribution >= 4 is 29.0 Å². The highest BCUT2D eigenvalue weighted by atomic mass is 35.5. The lowest BCUT2D eigenvalue weighted by atomic mass is 9.73. The zero-order chi connectivity index (χ0) is 20.4. The first-order valence-corrected chi connectivity index (χ1v) is 11.6. The topological polar surface area (TPSA) is 53.0 Å². The zero-order valence-electron chi connectivity index (χ0n) is 17.2. The summed E-state index contributed by atoms with van der Waals surface area (Å²) in [6.07, 6.45) is 4.77. The smallest absolute Gasteiger partial charge is 0.410 e. The molecule has 1 unspecified atom stereocenters. The van der Waals surface area contributed by atoms with Crippen molar-refractivity contribution in [1.82, 2.24) is 9.80 Å². The molecule has 7 heteroatoms. The third-order valence-corrected chi connectivity index (χ3v) is 7.05. The van der Waals surface area contributed by atoms with Gasteiger partial charge in [0.15, 0.2) is 0 Å². The summed E-state index contributed by atoms with van der Waals surface area (Å²) < 4.78 is 6.28. The predicted molar refractivity (Wildman–Crippen MR) is 114 cm³/mol. The highest BCUT2D eigenvalue weighted by molar-refractivity contribution is 7.14. The molecule has 0 bridgehead atoms. The van der Waals surface area contributed by atoms with Gasteiger partial charge in [0.1, 0.15) is 5.60 Å². The zero-order valence-corrected chi connectivity index (χ0v) is 18.8. The first-order valence-electron chi connectivity index (χ1n) is 10.3. The van der Waals surface area contributed by atoms with Crippen LogP contribution in [0.4, 0.5) is 4.79 Å². The Bertz CT molecular complexity index is 659. The van der Waals surface area contributed by atoms with Crippen LogP contribution in [0.15, 0.2) is 11.4 Å². The van der Waals surface area contributed by atoms with Crippen LogP contribution >= 0.6 is 22.9 Å². The average molecular weight is 429 g/mol. The van der Waals surface area contributed by atoms with Crippen molar-refractivity contribution in [3.8, 4) is 0 Å². The van der Waals surface area contributed by atoms with Gasteiger partial charge in [0.25, 0.3) is 0 Å². The summed E-state index contributed by atoms with van der Waals surface area (Å²) in [5, 5.41) is 13.5. The Balaban J connectivity index is 1.65. The number of nitrogens with zero attached hydrogens (tertiary/aromatic N) is 2. The second kappa shape index (κ2) is 8.90. The summed E-state index contributed by atoms with van der Waals surface area (Å²) in [5.41, 5.74) is -0.0875. The van der Waals surface area contributed by atoms with Gasteiger partial charge < -0.3 is 14.7 Å². The SMILES string of the molecule is CC(C)(C)OC(=O)N1CCN(CC(c2ccsc2Cl)C2(O)CCCCC2)CC1. The third-order valence-electron chi connectivity index (χ3n) is 5.85. The standard InChI is InChI=1S/C21H33ClN2O3S/c1-20(2,3)27-19(25)24-12-10-23(11-13-24)15-17(16-7-14-28-18(16)22)21(26)8-5-4-6-9-21/h7,14,17,26H,4-6,8-13,15H2,1-3H3. The maximum absolute atomic E-state index is 12.3. The van der Waals surface area contributed by atoms with Gasteiger partial charge in [0.05, 0.1) is 9.94 Å². The Morgan fingerprint density at radius 1 is 1.25 bits per heavy atom. The largest absolute Gasteiger partial charge is 0.444 e. The highest BCUT2D eigenvalue weighted by Crippen LogP contribution is 2.44. The van der Waals surface area contributed by atoms with Crippen LogP contribution in [-0.2, 0) is 4.74 Å². The van der Waals surface area contributed by atoms with Crippen LogP contribution in [0.3, 0.4) is 0 Å². The van der Waals surface area contributed by atoms with Crippen molar-refractivity contribution in [1.29, 1.82) is 0 Å². The minimum absolute atomic E-state index is 0.0135. The van der Waals surface area contributed by atoms with E-state index in [0.717, 1.165) is 55.2 Å². The first kappa shape index (κ1) is 21.9. The summed E-state index contributed by atoms with van der Waals surface area (Å²) in [6, 6.07) is 2.07. The molecular weight excluding hydrogens is 396 g/mol. The monoisotopic (exact) mass is 428 g/mol. The Morgan fingerprint density at radius 2 is 1.89 bits per heavy atom. The fourth-order valence-corrected chi connectivity index (χ4v) is 5.35. The molecule has 2 aliphatic rings. The van der Waals surface area contributed by atoms with Gasteiger partial charge in [-0.3, -0.25) is 4.90 Å². The quantitative estimate of drug-likeness (QED) is 0.752. The molecule has 5 nitrogen and oxygen atoms in total. The molecule has 28 heavy (non-hydrogen) atoms. The van der Waals surface area contributed by atoms with Gasteiger partial charge in [0, 0.05) is 38.6 Å². The van der Waals surface area contributed by atoms with Crippen molar-refractivity contribution in [2.45, 2.75) is 70.0 Å². The van der Waals surface area contributed by atoms with E-state index in [-0.39, 0.29) is 12.0 Å². The number of ether oxygens (including phenoxy) is 1. The van der Waals surface area contributed by atoms with Crippen LogP contribution in [0.5, 0.6) is 0 Å². The number of aliphatic hydroxyl groups is 1. The number of hydrogen-bond donors (Lipinski definition) is 1. The molecular formula is C21H33ClN2O3S. The number of piperazine rings is 1. The van der Waals surface area contributed by atoms with Crippen LogP contribution in [0, 0.1) is 0 Å². The minimum atomic E-state index is -0.689. The molecule has 0 radical (unpaired) electrons. The number of rotatable bonds is 4. The van der Waals surface area contributed by atoms with Gasteiger partial charge >= 0.3 is 6.09 Å². The van der Waals surface area contributed by atoms with E-state index in [0.29, 0.717) is 13.1 Å². The van der Waals surface area contributed by atoms with Crippen molar-refractivity contribution in [2.75, 3.05) is 32.7 Å². The lowest BCUT2D eigenvalue weighted by molar-refractivity contribution is -0.0355. The van der Waals surface area contributed by atoms with Crippen molar-refractivity contribution < 1.29 is 14.6 Å². The lowest BCUT2D eigenvalue weighted by Crippen LogP contribution is -2.52. The van der Waals surface area contributed by atoms with Crippen LogP contribution in [0.25, 0.3) is 0 Å². The number of carbonyl (C=O) groups excluding carboxylic acids is 1. The number of carbonyl (C=O) groups is 1. The number of halogens is 1. The molecule has 1 aliphatic carbocycles. The molecule has 1 saturated heterocycles. The number of hydrogen-bond acceptors (Lipinski definition) is 5. The van der Waals surface area contributed by atoms with E-state index in [2.05, 4.69) is 11.0 Å². The maximum Gasteiger partial charge on any atom is 0.410 e. The Morgan fingerprint density at radius 3 is 2.43 bits per heavy atom. The van der Waals surface area contributed by atoms with E-state index in [1.807, 2.05) is 26.2 Å². The molecule has 3 rings (SSSR count). The predicted octanol–water partition coefficient (Wildman–Crippen LogP) is 4.73. The minimum Gasteiger partial charge on any atom is -0.444 e. The molecule has 158 valence electrons. The van der Waals surface area contributed by atoms with Crippen LogP contribution in [0.1, 0.15) is 64.4 Å². The molecule has 1 amide bonds. The average Bonchev–Trinajstić information content (AvgIpc) is 3.05. The molecule has 1 atom stereocenters. The van der Waals surface area contributed by atoms with Crippen LogP contribution in [0.2, 0.25) is 4.34 Å². The van der Waals surface area contributed by atoms with E-state index in [1.54, 1.807) is 4.90 Å². The molecule has 1 aromatic heterocycles. The van der Waals surface area contributed by atoms with Gasteiger partial charge in [-0.2, -0.15) is 0 Å². The molecule has 1 aromatic rings. The van der Waals surface area contributed by atoms with Gasteiger partial charge in [-0.1, -0.05) is 30.9 Å². The molecule has 1 saturated carbocycles. The Kier molecular flexibility index (Phi) is 6.96. The van der Waals surface area contributed by atoms with E-state index < -0.39 is 11.2 Å². The van der Waals surface area contributed by atoms with Crippen molar-refractivity contribution in [3.63, 3.8) is 0 Å². The first-order chi connectivity index (χ1) is 13.2. The summed E-state index contributed by atoms with van der Waals surface area (Å²) in [5.74, 6) is 0.0135. The highest BCUT2D eigenvalue weighted by Gasteiger charge is 2.41. The Hall–Kier alpha value is -0.820. The van der Waals surface area contributed by atoms with Gasteiger partial charge in [-0.25, -0.2) is 4.79 Å². The molecule has 2 heterocycles. The summed E-state index contributed by atoms with van der Waals surface area (Å²) >= 11 is 8.01. The molecule has 0 spiro atoms. The summed E-state index contributed by atoms with van der Waals surface area (Å²) in [6.45, 7) is 9.31. The van der Waals surface area contributed by atoms with E-state index in [1.165, 1.54) is 17.8 Å². The summed E-state index contributed by atoms with van der Waals surface area (Å²) in [4.78, 5) is 16.4. The van der Waals surface area contributed by atoms with Crippen molar-refractivity contribution in [2.24, 2.45) is 0 Å². The second-order valence-electron chi connectivity index (χ2n) is 9.13. The summed E-state index contributed by atoms with van der Waals surface area (Å²) in [7, 11) is 0. The fourth-order valence-electron chi connectivity index (χ4n) is 4.32.